The highest BCUT2D eigenvalue weighted by Crippen LogP contribution is 2.16. The van der Waals surface area contributed by atoms with Crippen LogP contribution in [-0.2, 0) is 23.9 Å². The summed E-state index contributed by atoms with van der Waals surface area (Å²) >= 11 is 0. The Morgan fingerprint density at radius 2 is 1.58 bits per heavy atom. The molecule has 0 unspecified atom stereocenters. The molecule has 2 amide bonds. The molecule has 8 nitrogen and oxygen atoms in total. The van der Waals surface area contributed by atoms with E-state index in [0.717, 1.165) is 17.5 Å². The minimum atomic E-state index is -0.548. The number of carbonyl (C=O) groups excluding carboxylic acids is 4. The zero-order chi connectivity index (χ0) is 24.2. The van der Waals surface area contributed by atoms with Crippen molar-refractivity contribution in [2.75, 3.05) is 23.8 Å². The van der Waals surface area contributed by atoms with Crippen LogP contribution in [0.4, 0.5) is 11.4 Å². The van der Waals surface area contributed by atoms with Gasteiger partial charge in [-0.3, -0.25) is 14.4 Å². The Hall–Kier alpha value is -3.68. The minimum absolute atomic E-state index is 0.0203. The molecule has 0 aliphatic rings. The van der Waals surface area contributed by atoms with Crippen molar-refractivity contribution in [2.45, 2.75) is 46.5 Å². The number of amides is 2. The van der Waals surface area contributed by atoms with Crippen molar-refractivity contribution in [1.29, 1.82) is 0 Å². The topological polar surface area (TPSA) is 111 Å². The second-order valence-corrected chi connectivity index (χ2v) is 7.64. The van der Waals surface area contributed by atoms with E-state index in [2.05, 4.69) is 10.6 Å². The number of carbonyl (C=O) groups is 4. The normalized spacial score (nSPS) is 10.3. The van der Waals surface area contributed by atoms with Gasteiger partial charge < -0.3 is 20.1 Å². The molecular formula is C25H30N2O6. The summed E-state index contributed by atoms with van der Waals surface area (Å²) in [6.07, 6.45) is 1.16. The minimum Gasteiger partial charge on any atom is -0.462 e. The van der Waals surface area contributed by atoms with Crippen molar-refractivity contribution in [2.24, 2.45) is 0 Å². The van der Waals surface area contributed by atoms with E-state index in [9.17, 15) is 19.2 Å². The van der Waals surface area contributed by atoms with Gasteiger partial charge in [-0.1, -0.05) is 24.6 Å². The Labute approximate surface area is 193 Å². The highest BCUT2D eigenvalue weighted by molar-refractivity contribution is 5.94. The summed E-state index contributed by atoms with van der Waals surface area (Å²) in [5.41, 5.74) is 3.63. The molecule has 0 saturated carbocycles. The van der Waals surface area contributed by atoms with Crippen molar-refractivity contribution in [3.05, 3.63) is 59.2 Å². The third-order valence-corrected chi connectivity index (χ3v) is 4.65. The quantitative estimate of drug-likeness (QED) is 0.493. The summed E-state index contributed by atoms with van der Waals surface area (Å²) in [4.78, 5) is 47.7. The van der Waals surface area contributed by atoms with Crippen molar-refractivity contribution in [3.8, 4) is 0 Å². The lowest BCUT2D eigenvalue weighted by molar-refractivity contribution is -0.147. The van der Waals surface area contributed by atoms with Gasteiger partial charge in [0.25, 0.3) is 5.91 Å². The van der Waals surface area contributed by atoms with Crippen LogP contribution in [0.2, 0.25) is 0 Å². The molecule has 176 valence electrons. The van der Waals surface area contributed by atoms with Gasteiger partial charge in [0.2, 0.25) is 5.91 Å². The highest BCUT2D eigenvalue weighted by Gasteiger charge is 2.11. The molecule has 0 atom stereocenters. The fourth-order valence-corrected chi connectivity index (χ4v) is 2.94. The molecule has 2 aromatic carbocycles. The molecule has 2 aromatic rings. The molecule has 2 rings (SSSR count). The number of hydrogen-bond donors (Lipinski definition) is 2. The number of hydrogen-bond acceptors (Lipinski definition) is 6. The first-order valence-corrected chi connectivity index (χ1v) is 10.9. The maximum atomic E-state index is 12.1. The number of benzene rings is 2. The van der Waals surface area contributed by atoms with Gasteiger partial charge in [-0.05, 0) is 62.6 Å². The van der Waals surface area contributed by atoms with Crippen LogP contribution in [0.25, 0.3) is 0 Å². The zero-order valence-electron chi connectivity index (χ0n) is 19.2. The molecule has 33 heavy (non-hydrogen) atoms. The summed E-state index contributed by atoms with van der Waals surface area (Å²) in [6.45, 7) is 5.73. The fourth-order valence-electron chi connectivity index (χ4n) is 2.94. The third-order valence-electron chi connectivity index (χ3n) is 4.65. The van der Waals surface area contributed by atoms with Gasteiger partial charge in [0.05, 0.1) is 12.2 Å². The van der Waals surface area contributed by atoms with Crippen molar-refractivity contribution < 1.29 is 28.7 Å². The van der Waals surface area contributed by atoms with Gasteiger partial charge in [-0.15, -0.1) is 0 Å². The Bertz CT molecular complexity index is 985. The molecule has 0 bridgehead atoms. The molecule has 0 fully saturated rings. The predicted molar refractivity (Wildman–Crippen MR) is 125 cm³/mol. The van der Waals surface area contributed by atoms with E-state index in [1.807, 2.05) is 32.9 Å². The SMILES string of the molecule is CCCOC(=O)c1ccc(NC(=O)CCCC(=O)OCC(=O)Nc2ccc(C)cc2C)cc1. The van der Waals surface area contributed by atoms with Crippen molar-refractivity contribution in [1.82, 2.24) is 0 Å². The lowest BCUT2D eigenvalue weighted by atomic mass is 10.1. The summed E-state index contributed by atoms with van der Waals surface area (Å²) < 4.78 is 10.0. The highest BCUT2D eigenvalue weighted by atomic mass is 16.5. The number of ether oxygens (including phenoxy) is 2. The van der Waals surface area contributed by atoms with Crippen molar-refractivity contribution in [3.63, 3.8) is 0 Å². The first-order chi connectivity index (χ1) is 15.8. The van der Waals surface area contributed by atoms with Gasteiger partial charge >= 0.3 is 11.9 Å². The predicted octanol–water partition coefficient (Wildman–Crippen LogP) is 4.16. The molecule has 0 spiro atoms. The van der Waals surface area contributed by atoms with Gasteiger partial charge in [0.15, 0.2) is 6.61 Å². The van der Waals surface area contributed by atoms with Gasteiger partial charge in [0, 0.05) is 24.2 Å². The molecule has 0 heterocycles. The number of esters is 2. The standard InChI is InChI=1S/C25H30N2O6/c1-4-14-32-25(31)19-9-11-20(12-10-19)26-22(28)6-5-7-24(30)33-16-23(29)27-21-13-8-17(2)15-18(21)3/h8-13,15H,4-7,14,16H2,1-3H3,(H,26,28)(H,27,29). The van der Waals surface area contributed by atoms with Crippen LogP contribution in [0.3, 0.4) is 0 Å². The average Bonchev–Trinajstić information content (AvgIpc) is 2.78. The Kier molecular flexibility index (Phi) is 10.1. The van der Waals surface area contributed by atoms with E-state index in [1.54, 1.807) is 30.3 Å². The summed E-state index contributed by atoms with van der Waals surface area (Å²) in [5, 5.41) is 5.41. The van der Waals surface area contributed by atoms with Gasteiger partial charge in [-0.25, -0.2) is 4.79 Å². The van der Waals surface area contributed by atoms with Gasteiger partial charge in [0.1, 0.15) is 0 Å². The number of aryl methyl sites for hydroxylation is 2. The van der Waals surface area contributed by atoms with Crippen LogP contribution in [0, 0.1) is 13.8 Å². The Morgan fingerprint density at radius 1 is 0.848 bits per heavy atom. The zero-order valence-corrected chi connectivity index (χ0v) is 19.2. The fraction of sp³-hybridized carbons (Fsp3) is 0.360. The molecular weight excluding hydrogens is 424 g/mol. The summed E-state index contributed by atoms with van der Waals surface area (Å²) in [5.74, 6) is -1.64. The van der Waals surface area contributed by atoms with Crippen molar-refractivity contribution >= 4 is 35.1 Å². The number of nitrogens with one attached hydrogen (secondary N) is 2. The lowest BCUT2D eigenvalue weighted by Gasteiger charge is -2.10. The van der Waals surface area contributed by atoms with Crippen LogP contribution in [-0.4, -0.2) is 37.0 Å². The summed E-state index contributed by atoms with van der Waals surface area (Å²) in [7, 11) is 0. The van der Waals surface area contributed by atoms with E-state index in [1.165, 1.54) is 0 Å². The molecule has 0 aliphatic heterocycles. The monoisotopic (exact) mass is 454 g/mol. The van der Waals surface area contributed by atoms with Crippen LogP contribution >= 0.6 is 0 Å². The molecule has 0 saturated heterocycles. The third kappa shape index (κ3) is 9.14. The number of rotatable bonds is 11. The Balaban J connectivity index is 1.65. The first-order valence-electron chi connectivity index (χ1n) is 10.9. The number of anilines is 2. The molecule has 0 radical (unpaired) electrons. The van der Waals surface area contributed by atoms with Crippen LogP contribution in [0.5, 0.6) is 0 Å². The van der Waals surface area contributed by atoms with E-state index in [-0.39, 0.29) is 31.8 Å². The molecule has 8 heteroatoms. The first kappa shape index (κ1) is 25.6. The van der Waals surface area contributed by atoms with Crippen LogP contribution in [0.1, 0.15) is 54.1 Å². The lowest BCUT2D eigenvalue weighted by Crippen LogP contribution is -2.21. The second kappa shape index (κ2) is 13.0. The average molecular weight is 455 g/mol. The molecule has 0 aliphatic carbocycles. The van der Waals surface area contributed by atoms with E-state index in [0.29, 0.717) is 23.5 Å². The smallest absolute Gasteiger partial charge is 0.338 e. The van der Waals surface area contributed by atoms with Crippen LogP contribution in [0.15, 0.2) is 42.5 Å². The maximum absolute atomic E-state index is 12.1. The maximum Gasteiger partial charge on any atom is 0.338 e. The molecule has 2 N–H and O–H groups in total. The Morgan fingerprint density at radius 3 is 2.24 bits per heavy atom. The summed E-state index contributed by atoms with van der Waals surface area (Å²) in [6, 6.07) is 12.0. The van der Waals surface area contributed by atoms with Gasteiger partial charge in [-0.2, -0.15) is 0 Å². The van der Waals surface area contributed by atoms with Crippen LogP contribution < -0.4 is 10.6 Å². The largest absolute Gasteiger partial charge is 0.462 e. The second-order valence-electron chi connectivity index (χ2n) is 7.64. The van der Waals surface area contributed by atoms with E-state index in [4.69, 9.17) is 9.47 Å². The van der Waals surface area contributed by atoms with E-state index >= 15 is 0 Å². The molecule has 0 aromatic heterocycles. The van der Waals surface area contributed by atoms with E-state index < -0.39 is 17.8 Å².